The van der Waals surface area contributed by atoms with Crippen LogP contribution in [0.4, 0.5) is 17.7 Å². The van der Waals surface area contributed by atoms with Gasteiger partial charge in [-0.2, -0.15) is 10.2 Å². The first kappa shape index (κ1) is 58.3. The Morgan fingerprint density at radius 2 is 0.988 bits per heavy atom. The van der Waals surface area contributed by atoms with Gasteiger partial charge in [0.25, 0.3) is 5.56 Å². The van der Waals surface area contributed by atoms with Gasteiger partial charge in [-0.05, 0) is 169 Å². The zero-order chi connectivity index (χ0) is 55.0. The Hall–Kier alpha value is -11.0. The van der Waals surface area contributed by atoms with Crippen molar-refractivity contribution in [2.75, 3.05) is 80.4 Å². The van der Waals surface area contributed by atoms with Crippen LogP contribution >= 0.6 is 0 Å². The van der Waals surface area contributed by atoms with Crippen LogP contribution in [0.2, 0.25) is 0 Å². The molecule has 3 aliphatic heterocycles. The Balaban J connectivity index is 0.000000196. The lowest BCUT2D eigenvalue weighted by Crippen LogP contribution is -2.39. The van der Waals surface area contributed by atoms with Crippen LogP contribution in [0.15, 0.2) is 29.6 Å². The van der Waals surface area contributed by atoms with Gasteiger partial charge in [-0.15, -0.1) is 6.42 Å². The number of nitrogens with zero attached hydrogens (tertiary/aromatic N) is 9. The van der Waals surface area contributed by atoms with E-state index in [1.54, 1.807) is 13.1 Å². The number of nitrogens with one attached hydrogen (secondary N) is 1. The predicted octanol–water partition coefficient (Wildman–Crippen LogP) is 5.22. The fourth-order valence-corrected chi connectivity index (χ4v) is 8.08. The lowest BCUT2D eigenvalue weighted by molar-refractivity contribution is 0.122. The molecule has 3 saturated heterocycles. The van der Waals surface area contributed by atoms with Gasteiger partial charge in [-0.1, -0.05) is 13.3 Å². The van der Waals surface area contributed by atoms with E-state index in [2.05, 4.69) is 207 Å². The summed E-state index contributed by atoms with van der Waals surface area (Å²) in [5.41, 5.74) is 3.92. The number of hydrogen-bond acceptors (Lipinski definition) is 12. The van der Waals surface area contributed by atoms with Gasteiger partial charge < -0.3 is 24.2 Å². The molecule has 4 aromatic rings. The maximum absolute atomic E-state index is 12.4. The Morgan fingerprint density at radius 1 is 0.550 bits per heavy atom. The monoisotopic (exact) mass is 1040 g/mol. The van der Waals surface area contributed by atoms with E-state index in [0.29, 0.717) is 67.5 Å². The number of rotatable bonds is 6. The SMILES string of the molecule is C.C#CC#CC#CC#CC#CC#CC#CC#CC#CC#CC#CC#CC#CC#CC#CC.N#CC[C@@H]1CCCN(c2nc(N3CCOCC3)nc3cncc(C4CC4)c23)C1.O=c1[nH]c(N2CCOCC2)nc2cncc(C3CC3)c12. The van der Waals surface area contributed by atoms with Crippen molar-refractivity contribution in [2.45, 2.75) is 71.1 Å². The average Bonchev–Trinajstić information content (AvgIpc) is 4.52. The Labute approximate surface area is 470 Å². The molecule has 386 valence electrons. The summed E-state index contributed by atoms with van der Waals surface area (Å²) in [5.74, 6) is 75.8. The summed E-state index contributed by atoms with van der Waals surface area (Å²) in [5, 5.41) is 11.0. The van der Waals surface area contributed by atoms with E-state index in [4.69, 9.17) is 31.1 Å². The summed E-state index contributed by atoms with van der Waals surface area (Å²) in [6, 6.07) is 2.36. The average molecular weight is 1040 g/mol. The maximum atomic E-state index is 12.4. The summed E-state index contributed by atoms with van der Waals surface area (Å²) in [6.07, 6.45) is 19.9. The number of anilines is 3. The third kappa shape index (κ3) is 19.0. The molecule has 5 aliphatic rings. The number of aromatic amines is 1. The summed E-state index contributed by atoms with van der Waals surface area (Å²) >= 11 is 0. The van der Waals surface area contributed by atoms with E-state index in [9.17, 15) is 4.79 Å². The van der Waals surface area contributed by atoms with Gasteiger partial charge in [-0.3, -0.25) is 19.7 Å². The van der Waals surface area contributed by atoms with Crippen molar-refractivity contribution < 1.29 is 9.47 Å². The number of morpholine rings is 2. The normalized spacial score (nSPS) is 14.4. The van der Waals surface area contributed by atoms with Gasteiger partial charge in [0.15, 0.2) is 0 Å². The molecular weight excluding hydrogens is 993 g/mol. The van der Waals surface area contributed by atoms with Gasteiger partial charge >= 0.3 is 0 Å². The lowest BCUT2D eigenvalue weighted by Gasteiger charge is -2.34. The summed E-state index contributed by atoms with van der Waals surface area (Å²) in [7, 11) is 0. The summed E-state index contributed by atoms with van der Waals surface area (Å²) in [6.45, 7) is 9.49. The lowest BCUT2D eigenvalue weighted by atomic mass is 9.95. The number of ether oxygens (including phenoxy) is 2. The number of hydrogen-bond donors (Lipinski definition) is 1. The Kier molecular flexibility index (Phi) is 24.1. The van der Waals surface area contributed by atoms with Crippen molar-refractivity contribution >= 4 is 39.5 Å². The number of terminal acetylenes is 1. The van der Waals surface area contributed by atoms with Crippen LogP contribution in [0.3, 0.4) is 0 Å². The minimum absolute atomic E-state index is 0. The molecule has 2 aliphatic carbocycles. The molecule has 1 atom stereocenters. The van der Waals surface area contributed by atoms with Crippen molar-refractivity contribution in [3.63, 3.8) is 0 Å². The van der Waals surface area contributed by atoms with Crippen LogP contribution in [0.5, 0.6) is 0 Å². The van der Waals surface area contributed by atoms with E-state index >= 15 is 0 Å². The number of pyridine rings is 2. The molecule has 4 aromatic heterocycles. The smallest absolute Gasteiger partial charge is 0.260 e. The molecule has 5 fully saturated rings. The summed E-state index contributed by atoms with van der Waals surface area (Å²) < 4.78 is 10.8. The number of piperidine rings is 1. The van der Waals surface area contributed by atoms with Crippen LogP contribution in [-0.2, 0) is 9.47 Å². The molecule has 0 bridgehead atoms. The van der Waals surface area contributed by atoms with Gasteiger partial charge in [0.05, 0.1) is 61.3 Å². The van der Waals surface area contributed by atoms with Crippen molar-refractivity contribution in [3.8, 4) is 184 Å². The minimum atomic E-state index is -0.0548. The Morgan fingerprint density at radius 3 is 1.44 bits per heavy atom. The highest BCUT2D eigenvalue weighted by Crippen LogP contribution is 2.45. The number of fused-ring (bicyclic) bond motifs is 2. The van der Waals surface area contributed by atoms with Crippen LogP contribution < -0.4 is 20.3 Å². The number of H-pyrrole nitrogens is 1. The Bertz CT molecular complexity index is 4070. The highest BCUT2D eigenvalue weighted by Gasteiger charge is 2.31. The van der Waals surface area contributed by atoms with E-state index in [1.165, 1.54) is 23.8 Å². The maximum Gasteiger partial charge on any atom is 0.260 e. The first-order chi connectivity index (χ1) is 39.1. The third-order valence-electron chi connectivity index (χ3n) is 11.9. The molecule has 0 spiro atoms. The second-order valence-electron chi connectivity index (χ2n) is 17.3. The molecule has 7 heterocycles. The van der Waals surface area contributed by atoms with E-state index in [1.807, 2.05) is 23.5 Å². The van der Waals surface area contributed by atoms with Crippen molar-refractivity contribution in [1.82, 2.24) is 29.9 Å². The summed E-state index contributed by atoms with van der Waals surface area (Å²) in [4.78, 5) is 45.3. The van der Waals surface area contributed by atoms with Gasteiger partial charge in [0, 0.05) is 135 Å². The van der Waals surface area contributed by atoms with E-state index in [-0.39, 0.29) is 13.0 Å². The van der Waals surface area contributed by atoms with Crippen molar-refractivity contribution in [2.24, 2.45) is 5.92 Å². The second kappa shape index (κ2) is 33.1. The second-order valence-corrected chi connectivity index (χ2v) is 17.3. The molecule has 0 radical (unpaired) electrons. The fourth-order valence-electron chi connectivity index (χ4n) is 8.08. The first-order valence-corrected chi connectivity index (χ1v) is 25.3. The minimum Gasteiger partial charge on any atom is -0.378 e. The number of aromatic nitrogens is 6. The molecule has 0 aromatic carbocycles. The predicted molar refractivity (Wildman–Crippen MR) is 313 cm³/mol. The molecule has 13 heteroatoms. The largest absolute Gasteiger partial charge is 0.378 e. The zero-order valence-corrected chi connectivity index (χ0v) is 43.4. The highest BCUT2D eigenvalue weighted by atomic mass is 16.5. The molecule has 80 heavy (non-hydrogen) atoms. The highest BCUT2D eigenvalue weighted by molar-refractivity contribution is 5.93. The van der Waals surface area contributed by atoms with Crippen LogP contribution in [0.1, 0.15) is 82.3 Å². The molecule has 2 saturated carbocycles. The van der Waals surface area contributed by atoms with Crippen LogP contribution in [0, 0.1) is 195 Å². The molecular formula is C67H50N10O3. The topological polar surface area (TPSA) is 149 Å². The third-order valence-corrected chi connectivity index (χ3v) is 11.9. The van der Waals surface area contributed by atoms with Gasteiger partial charge in [0.1, 0.15) is 5.82 Å². The van der Waals surface area contributed by atoms with Crippen molar-refractivity contribution in [1.29, 1.82) is 5.26 Å². The zero-order valence-electron chi connectivity index (χ0n) is 43.4. The van der Waals surface area contributed by atoms with Crippen LogP contribution in [-0.4, -0.2) is 95.6 Å². The van der Waals surface area contributed by atoms with Gasteiger partial charge in [-0.25, -0.2) is 9.97 Å². The molecule has 9 rings (SSSR count). The standard InChI is InChI=1S/C31H4.C21H26N6O.C14H16N4O2.CH4/c1-3-5-7-9-11-13-15-17-19-21-23-25-27-29-31-30-28-26-24-22-20-18-16-14-12-10-8-6-4-2;22-6-5-15-2-1-7-27(14-15)20-19-17(16-3-4-16)12-23-13-18(19)24-21(25-20)26-8-10-28-11-9-26;19-13-12-10(9-1-2-9)7-15-8-11(12)16-14(17-13)18-3-5-20-6-4-18;/h1H,2H3;12-13,15-16H,1-5,7-11,14H2;7-9H,1-6H2,(H,16,17,19);1H4/t;15-;;/m.0../s1. The quantitative estimate of drug-likeness (QED) is 0.253. The fraction of sp³-hybridized carbons (Fsp3) is 0.328. The van der Waals surface area contributed by atoms with Crippen LogP contribution in [0.25, 0.3) is 21.8 Å². The molecule has 0 unspecified atom stereocenters. The molecule has 0 amide bonds. The van der Waals surface area contributed by atoms with E-state index in [0.717, 1.165) is 87.8 Å². The van der Waals surface area contributed by atoms with Gasteiger partial charge in [0.2, 0.25) is 11.9 Å². The first-order valence-electron chi connectivity index (χ1n) is 25.3. The van der Waals surface area contributed by atoms with E-state index < -0.39 is 0 Å². The molecule has 1 N–H and O–H groups in total. The molecule has 13 nitrogen and oxygen atoms in total. The van der Waals surface area contributed by atoms with Crippen molar-refractivity contribution in [3.05, 3.63) is 46.3 Å². The number of nitriles is 1.